The second kappa shape index (κ2) is 21.3. The Hall–Kier alpha value is -1.43. The molecule has 0 rings (SSSR count). The largest absolute Gasteiger partial charge is 0.357 e. The van der Waals surface area contributed by atoms with Crippen LogP contribution in [0.15, 0.2) is 0 Å². The molecule has 0 aromatic rings. The molecule has 0 radical (unpaired) electrons. The van der Waals surface area contributed by atoms with Crippen molar-refractivity contribution in [3.63, 3.8) is 0 Å². The van der Waals surface area contributed by atoms with E-state index < -0.39 is 0 Å². The van der Waals surface area contributed by atoms with Crippen LogP contribution in [0.25, 0.3) is 0 Å². The van der Waals surface area contributed by atoms with Gasteiger partial charge in [0.1, 0.15) is 6.29 Å². The van der Waals surface area contributed by atoms with Gasteiger partial charge in [-0.2, -0.15) is 0 Å². The molecule has 0 saturated carbocycles. The Bertz CT molecular complexity index is 405. The van der Waals surface area contributed by atoms with Crippen LogP contribution in [0.2, 0.25) is 0 Å². The van der Waals surface area contributed by atoms with Crippen molar-refractivity contribution < 1.29 is 14.4 Å². The molecule has 0 aromatic heterocycles. The molecule has 29 heavy (non-hydrogen) atoms. The first kappa shape index (κ1) is 27.6. The van der Waals surface area contributed by atoms with Crippen LogP contribution in [-0.2, 0) is 14.4 Å². The minimum absolute atomic E-state index is 0.149. The van der Waals surface area contributed by atoms with Crippen LogP contribution in [-0.4, -0.2) is 67.7 Å². The molecule has 1 N–H and O–H groups in total. The van der Waals surface area contributed by atoms with E-state index in [1.807, 2.05) is 4.90 Å². The van der Waals surface area contributed by atoms with Gasteiger partial charge in [-0.15, -0.1) is 0 Å². The lowest BCUT2D eigenvalue weighted by atomic mass is 10.1. The van der Waals surface area contributed by atoms with Gasteiger partial charge in [0.15, 0.2) is 0 Å². The molecule has 0 bridgehead atoms. The summed E-state index contributed by atoms with van der Waals surface area (Å²) in [4.78, 5) is 37.9. The van der Waals surface area contributed by atoms with Gasteiger partial charge in [-0.25, -0.2) is 0 Å². The predicted molar refractivity (Wildman–Crippen MR) is 120 cm³/mol. The molecule has 0 atom stereocenters. The summed E-state index contributed by atoms with van der Waals surface area (Å²) in [5.74, 6) is 0.149. The summed E-state index contributed by atoms with van der Waals surface area (Å²) in [7, 11) is 0. The maximum atomic E-state index is 12.8. The quantitative estimate of drug-likeness (QED) is 0.217. The molecule has 6 nitrogen and oxygen atoms in total. The van der Waals surface area contributed by atoms with Crippen LogP contribution < -0.4 is 5.32 Å². The number of carbonyl (C=O) groups is 3. The lowest BCUT2D eigenvalue weighted by Crippen LogP contribution is -2.44. The number of rotatable bonds is 22. The van der Waals surface area contributed by atoms with Gasteiger partial charge in [0.2, 0.25) is 12.3 Å². The van der Waals surface area contributed by atoms with Crippen molar-refractivity contribution in [2.24, 2.45) is 0 Å². The molecule has 0 aliphatic rings. The zero-order chi connectivity index (χ0) is 21.6. The van der Waals surface area contributed by atoms with E-state index in [9.17, 15) is 14.4 Å². The Morgan fingerprint density at radius 3 is 1.97 bits per heavy atom. The first-order chi connectivity index (χ1) is 14.2. The Morgan fingerprint density at radius 1 is 0.759 bits per heavy atom. The van der Waals surface area contributed by atoms with Gasteiger partial charge >= 0.3 is 0 Å². The van der Waals surface area contributed by atoms with Crippen LogP contribution >= 0.6 is 0 Å². The smallest absolute Gasteiger partial charge is 0.236 e. The third-order valence-corrected chi connectivity index (χ3v) is 5.19. The molecule has 170 valence electrons. The highest BCUT2D eigenvalue weighted by atomic mass is 16.2. The lowest BCUT2D eigenvalue weighted by Gasteiger charge is -2.27. The first-order valence-corrected chi connectivity index (χ1v) is 11.8. The maximum Gasteiger partial charge on any atom is 0.236 e. The molecule has 0 aromatic carbocycles. The molecule has 0 aliphatic heterocycles. The molecular weight excluding hydrogens is 366 g/mol. The number of aldehydes is 1. The highest BCUT2D eigenvalue weighted by molar-refractivity contribution is 5.78. The molecule has 0 spiro atoms. The summed E-state index contributed by atoms with van der Waals surface area (Å²) in [5.41, 5.74) is 0. The van der Waals surface area contributed by atoms with Crippen LogP contribution in [0, 0.1) is 0 Å². The number of amides is 2. The van der Waals surface area contributed by atoms with Crippen LogP contribution in [0.5, 0.6) is 0 Å². The van der Waals surface area contributed by atoms with E-state index >= 15 is 0 Å². The van der Waals surface area contributed by atoms with E-state index in [4.69, 9.17) is 0 Å². The predicted octanol–water partition coefficient (Wildman–Crippen LogP) is 3.78. The van der Waals surface area contributed by atoms with Crippen molar-refractivity contribution in [1.29, 1.82) is 0 Å². The molecule has 0 fully saturated rings. The highest BCUT2D eigenvalue weighted by Crippen LogP contribution is 2.09. The maximum absolute atomic E-state index is 12.8. The van der Waals surface area contributed by atoms with Gasteiger partial charge < -0.3 is 15.0 Å². The Balaban J connectivity index is 4.44. The van der Waals surface area contributed by atoms with Gasteiger partial charge in [-0.05, 0) is 38.8 Å². The van der Waals surface area contributed by atoms with Crippen LogP contribution in [0.4, 0.5) is 0 Å². The summed E-state index contributed by atoms with van der Waals surface area (Å²) in [6.07, 6.45) is 15.1. The molecule has 2 amide bonds. The minimum Gasteiger partial charge on any atom is -0.357 e. The molecule has 6 heteroatoms. The Morgan fingerprint density at radius 2 is 1.38 bits per heavy atom. The average molecular weight is 412 g/mol. The number of hydrogen-bond acceptors (Lipinski definition) is 4. The molecular formula is C23H45N3O3. The standard InChI is InChI=1S/C23H45N3O3/c1-3-5-6-7-8-9-12-17-25(18-13-10-11-14-20-27)21-23(29)26(16-4-2)19-15-24-22-28/h20,22H,3-19,21H2,1-2H3,(H,24,28). The monoisotopic (exact) mass is 411 g/mol. The number of nitrogens with zero attached hydrogens (tertiary/aromatic N) is 2. The van der Waals surface area contributed by atoms with E-state index in [1.54, 1.807) is 0 Å². The number of hydrogen-bond donors (Lipinski definition) is 1. The van der Waals surface area contributed by atoms with E-state index in [2.05, 4.69) is 24.1 Å². The summed E-state index contributed by atoms with van der Waals surface area (Å²) in [6.45, 7) is 8.41. The third kappa shape index (κ3) is 17.2. The summed E-state index contributed by atoms with van der Waals surface area (Å²) in [6, 6.07) is 0. The topological polar surface area (TPSA) is 69.7 Å². The average Bonchev–Trinajstić information content (AvgIpc) is 2.72. The first-order valence-electron chi connectivity index (χ1n) is 11.8. The third-order valence-electron chi connectivity index (χ3n) is 5.19. The molecule has 0 heterocycles. The van der Waals surface area contributed by atoms with Crippen molar-refractivity contribution in [1.82, 2.24) is 15.1 Å². The van der Waals surface area contributed by atoms with Crippen molar-refractivity contribution in [2.45, 2.75) is 90.9 Å². The highest BCUT2D eigenvalue weighted by Gasteiger charge is 2.16. The minimum atomic E-state index is 0.149. The van der Waals surface area contributed by atoms with Gasteiger partial charge in [-0.1, -0.05) is 58.8 Å². The fraction of sp³-hybridized carbons (Fsp3) is 0.870. The molecule has 0 aliphatic carbocycles. The number of unbranched alkanes of at least 4 members (excludes halogenated alkanes) is 9. The Labute approximate surface area is 178 Å². The van der Waals surface area contributed by atoms with E-state index in [0.29, 0.717) is 32.5 Å². The van der Waals surface area contributed by atoms with Crippen molar-refractivity contribution in [3.05, 3.63) is 0 Å². The normalized spacial score (nSPS) is 10.9. The van der Waals surface area contributed by atoms with Crippen molar-refractivity contribution in [3.8, 4) is 0 Å². The molecule has 0 unspecified atom stereocenters. The van der Waals surface area contributed by atoms with Gasteiger partial charge in [0.05, 0.1) is 6.54 Å². The van der Waals surface area contributed by atoms with Crippen molar-refractivity contribution in [2.75, 3.05) is 39.3 Å². The van der Waals surface area contributed by atoms with Crippen LogP contribution in [0.3, 0.4) is 0 Å². The summed E-state index contributed by atoms with van der Waals surface area (Å²) < 4.78 is 0. The van der Waals surface area contributed by atoms with Gasteiger partial charge in [-0.3, -0.25) is 14.5 Å². The fourth-order valence-corrected chi connectivity index (χ4v) is 3.48. The number of carbonyl (C=O) groups excluding carboxylic acids is 3. The van der Waals surface area contributed by atoms with Crippen LogP contribution in [0.1, 0.15) is 90.9 Å². The van der Waals surface area contributed by atoms with E-state index in [0.717, 1.165) is 58.0 Å². The van der Waals surface area contributed by atoms with Gasteiger partial charge in [0, 0.05) is 26.1 Å². The second-order valence-corrected chi connectivity index (χ2v) is 7.87. The second-order valence-electron chi connectivity index (χ2n) is 7.87. The summed E-state index contributed by atoms with van der Waals surface area (Å²) in [5, 5.41) is 2.65. The lowest BCUT2D eigenvalue weighted by molar-refractivity contribution is -0.132. The van der Waals surface area contributed by atoms with Gasteiger partial charge in [0.25, 0.3) is 0 Å². The van der Waals surface area contributed by atoms with E-state index in [1.165, 1.54) is 38.5 Å². The number of nitrogens with one attached hydrogen (secondary N) is 1. The fourth-order valence-electron chi connectivity index (χ4n) is 3.48. The zero-order valence-corrected chi connectivity index (χ0v) is 19.0. The SMILES string of the molecule is CCCCCCCCCN(CCCCCC=O)CC(=O)N(CCC)CCNC=O. The van der Waals surface area contributed by atoms with E-state index in [-0.39, 0.29) is 5.91 Å². The summed E-state index contributed by atoms with van der Waals surface area (Å²) >= 11 is 0. The Kier molecular flexibility index (Phi) is 20.2. The van der Waals surface area contributed by atoms with Crippen molar-refractivity contribution >= 4 is 18.6 Å². The zero-order valence-electron chi connectivity index (χ0n) is 19.0. The molecule has 0 saturated heterocycles.